The highest BCUT2D eigenvalue weighted by atomic mass is 35.5. The SMILES string of the molecule is CNC(c1cc(OC)cc(OC)c1)c1cccc(C)c1Cl. The zero-order valence-corrected chi connectivity index (χ0v) is 13.5. The first-order valence-electron chi connectivity index (χ1n) is 6.76. The molecular weight excluding hydrogens is 286 g/mol. The number of methoxy groups -OCH3 is 2. The molecule has 0 saturated carbocycles. The van der Waals surface area contributed by atoms with E-state index in [1.165, 1.54) is 0 Å². The number of aryl methyl sites for hydroxylation is 1. The van der Waals surface area contributed by atoms with Crippen molar-refractivity contribution < 1.29 is 9.47 Å². The van der Waals surface area contributed by atoms with Crippen LogP contribution in [0.25, 0.3) is 0 Å². The molecule has 4 heteroatoms. The van der Waals surface area contributed by atoms with Gasteiger partial charge in [0.15, 0.2) is 0 Å². The van der Waals surface area contributed by atoms with Gasteiger partial charge in [-0.25, -0.2) is 0 Å². The summed E-state index contributed by atoms with van der Waals surface area (Å²) in [4.78, 5) is 0. The van der Waals surface area contributed by atoms with E-state index in [1.807, 2.05) is 50.4 Å². The molecule has 0 aliphatic rings. The van der Waals surface area contributed by atoms with E-state index in [9.17, 15) is 0 Å². The molecule has 2 rings (SSSR count). The predicted octanol–water partition coefficient (Wildman–Crippen LogP) is 3.97. The van der Waals surface area contributed by atoms with Crippen LogP contribution in [-0.2, 0) is 0 Å². The van der Waals surface area contributed by atoms with E-state index < -0.39 is 0 Å². The average molecular weight is 306 g/mol. The molecule has 0 radical (unpaired) electrons. The molecule has 0 aromatic heterocycles. The van der Waals surface area contributed by atoms with Gasteiger partial charge in [0.05, 0.1) is 20.3 Å². The molecule has 0 aliphatic heterocycles. The van der Waals surface area contributed by atoms with E-state index in [0.29, 0.717) is 0 Å². The van der Waals surface area contributed by atoms with Crippen LogP contribution in [0.5, 0.6) is 11.5 Å². The second kappa shape index (κ2) is 6.83. The van der Waals surface area contributed by atoms with Crippen LogP contribution in [0.3, 0.4) is 0 Å². The van der Waals surface area contributed by atoms with Crippen molar-refractivity contribution in [1.29, 1.82) is 0 Å². The first-order valence-corrected chi connectivity index (χ1v) is 7.13. The van der Waals surface area contributed by atoms with E-state index >= 15 is 0 Å². The number of rotatable bonds is 5. The molecule has 0 spiro atoms. The summed E-state index contributed by atoms with van der Waals surface area (Å²) in [7, 11) is 5.20. The van der Waals surface area contributed by atoms with Crippen LogP contribution in [0, 0.1) is 6.92 Å². The Morgan fingerprint density at radius 1 is 1.05 bits per heavy atom. The van der Waals surface area contributed by atoms with Gasteiger partial charge < -0.3 is 14.8 Å². The summed E-state index contributed by atoms with van der Waals surface area (Å²) in [6, 6.07) is 11.9. The third-order valence-corrected chi connectivity index (χ3v) is 4.04. The Bertz CT molecular complexity index is 606. The molecule has 0 fully saturated rings. The molecular formula is C17H20ClNO2. The third kappa shape index (κ3) is 3.31. The maximum absolute atomic E-state index is 6.46. The van der Waals surface area contributed by atoms with Gasteiger partial charge >= 0.3 is 0 Å². The summed E-state index contributed by atoms with van der Waals surface area (Å²) >= 11 is 6.46. The van der Waals surface area contributed by atoms with Gasteiger partial charge in [-0.1, -0.05) is 29.8 Å². The standard InChI is InChI=1S/C17H20ClNO2/c1-11-6-5-7-15(16(11)18)17(19-2)12-8-13(20-3)10-14(9-12)21-4/h5-10,17,19H,1-4H3. The molecule has 3 nitrogen and oxygen atoms in total. The number of hydrogen-bond acceptors (Lipinski definition) is 3. The molecule has 21 heavy (non-hydrogen) atoms. The third-order valence-electron chi connectivity index (χ3n) is 3.53. The second-order valence-electron chi connectivity index (χ2n) is 4.85. The molecule has 1 unspecified atom stereocenters. The first-order chi connectivity index (χ1) is 10.1. The van der Waals surface area contributed by atoms with Crippen LogP contribution >= 0.6 is 11.6 Å². The number of hydrogen-bond donors (Lipinski definition) is 1. The molecule has 0 heterocycles. The Morgan fingerprint density at radius 3 is 2.19 bits per heavy atom. The highest BCUT2D eigenvalue weighted by molar-refractivity contribution is 6.32. The monoisotopic (exact) mass is 305 g/mol. The van der Waals surface area contributed by atoms with Crippen molar-refractivity contribution in [3.05, 3.63) is 58.1 Å². The van der Waals surface area contributed by atoms with Crippen molar-refractivity contribution in [2.45, 2.75) is 13.0 Å². The Hall–Kier alpha value is -1.71. The van der Waals surface area contributed by atoms with Crippen LogP contribution < -0.4 is 14.8 Å². The van der Waals surface area contributed by atoms with E-state index in [4.69, 9.17) is 21.1 Å². The van der Waals surface area contributed by atoms with Gasteiger partial charge in [-0.15, -0.1) is 0 Å². The fourth-order valence-corrected chi connectivity index (χ4v) is 2.63. The predicted molar refractivity (Wildman–Crippen MR) is 86.6 cm³/mol. The number of nitrogens with one attached hydrogen (secondary N) is 1. The Labute approximate surface area is 130 Å². The number of ether oxygens (including phenoxy) is 2. The molecule has 0 saturated heterocycles. The summed E-state index contributed by atoms with van der Waals surface area (Å²) < 4.78 is 10.7. The van der Waals surface area contributed by atoms with Crippen LogP contribution in [0.1, 0.15) is 22.7 Å². The average Bonchev–Trinajstić information content (AvgIpc) is 2.51. The van der Waals surface area contributed by atoms with Crippen molar-refractivity contribution in [3.63, 3.8) is 0 Å². The maximum atomic E-state index is 6.46. The lowest BCUT2D eigenvalue weighted by Crippen LogP contribution is -2.18. The van der Waals surface area contributed by atoms with Crippen molar-refractivity contribution in [1.82, 2.24) is 5.32 Å². The topological polar surface area (TPSA) is 30.5 Å². The summed E-state index contributed by atoms with van der Waals surface area (Å²) in [5.74, 6) is 1.52. The fraction of sp³-hybridized carbons (Fsp3) is 0.294. The largest absolute Gasteiger partial charge is 0.497 e. The highest BCUT2D eigenvalue weighted by Crippen LogP contribution is 2.33. The fourth-order valence-electron chi connectivity index (χ4n) is 2.39. The van der Waals surface area contributed by atoms with Crippen LogP contribution in [0.15, 0.2) is 36.4 Å². The molecule has 112 valence electrons. The van der Waals surface area contributed by atoms with Gasteiger partial charge in [-0.3, -0.25) is 0 Å². The molecule has 2 aromatic rings. The summed E-state index contributed by atoms with van der Waals surface area (Å²) in [6.45, 7) is 2.00. The molecule has 0 amide bonds. The molecule has 1 atom stereocenters. The van der Waals surface area contributed by atoms with E-state index in [2.05, 4.69) is 5.32 Å². The maximum Gasteiger partial charge on any atom is 0.122 e. The summed E-state index contributed by atoms with van der Waals surface area (Å²) in [5, 5.41) is 4.09. The van der Waals surface area contributed by atoms with Crippen LogP contribution in [-0.4, -0.2) is 21.3 Å². The van der Waals surface area contributed by atoms with Crippen molar-refractivity contribution >= 4 is 11.6 Å². The minimum absolute atomic E-state index is 0.0265. The summed E-state index contributed by atoms with van der Waals surface area (Å²) in [6.07, 6.45) is 0. The Kier molecular flexibility index (Phi) is 5.10. The van der Waals surface area contributed by atoms with Crippen molar-refractivity contribution in [2.24, 2.45) is 0 Å². The molecule has 2 aromatic carbocycles. The molecule has 1 N–H and O–H groups in total. The van der Waals surface area contributed by atoms with Gasteiger partial charge in [-0.05, 0) is 42.8 Å². The zero-order valence-electron chi connectivity index (χ0n) is 12.7. The van der Waals surface area contributed by atoms with E-state index in [-0.39, 0.29) is 6.04 Å². The lowest BCUT2D eigenvalue weighted by atomic mass is 9.97. The van der Waals surface area contributed by atoms with Crippen LogP contribution in [0.2, 0.25) is 5.02 Å². The lowest BCUT2D eigenvalue weighted by Gasteiger charge is -2.21. The van der Waals surface area contributed by atoms with Gasteiger partial charge in [0.25, 0.3) is 0 Å². The second-order valence-corrected chi connectivity index (χ2v) is 5.22. The minimum Gasteiger partial charge on any atom is -0.497 e. The Balaban J connectivity index is 2.53. The van der Waals surface area contributed by atoms with Gasteiger partial charge in [0.1, 0.15) is 11.5 Å². The Morgan fingerprint density at radius 2 is 1.67 bits per heavy atom. The quantitative estimate of drug-likeness (QED) is 0.906. The smallest absolute Gasteiger partial charge is 0.122 e. The molecule has 0 aliphatic carbocycles. The van der Waals surface area contributed by atoms with Crippen molar-refractivity contribution in [3.8, 4) is 11.5 Å². The van der Waals surface area contributed by atoms with E-state index in [0.717, 1.165) is 33.2 Å². The van der Waals surface area contributed by atoms with Crippen LogP contribution in [0.4, 0.5) is 0 Å². The van der Waals surface area contributed by atoms with Gasteiger partial charge in [-0.2, -0.15) is 0 Å². The minimum atomic E-state index is -0.0265. The molecule has 0 bridgehead atoms. The van der Waals surface area contributed by atoms with Gasteiger partial charge in [0, 0.05) is 11.1 Å². The normalized spacial score (nSPS) is 12.0. The zero-order chi connectivity index (χ0) is 15.4. The van der Waals surface area contributed by atoms with E-state index in [1.54, 1.807) is 14.2 Å². The summed E-state index contributed by atoms with van der Waals surface area (Å²) in [5.41, 5.74) is 3.14. The first kappa shape index (κ1) is 15.7. The van der Waals surface area contributed by atoms with Gasteiger partial charge in [0.2, 0.25) is 0 Å². The highest BCUT2D eigenvalue weighted by Gasteiger charge is 2.18. The van der Waals surface area contributed by atoms with Crippen molar-refractivity contribution in [2.75, 3.05) is 21.3 Å². The lowest BCUT2D eigenvalue weighted by molar-refractivity contribution is 0.392. The number of halogens is 1. The number of benzene rings is 2.